The van der Waals surface area contributed by atoms with Gasteiger partial charge in [0.25, 0.3) is 0 Å². The van der Waals surface area contributed by atoms with Crippen molar-refractivity contribution in [1.29, 1.82) is 0 Å². The average Bonchev–Trinajstić information content (AvgIpc) is 2.95. The lowest BCUT2D eigenvalue weighted by molar-refractivity contribution is 0.590. The molecule has 1 aromatic heterocycles. The monoisotopic (exact) mass is 271 g/mol. The summed E-state index contributed by atoms with van der Waals surface area (Å²) in [6.45, 7) is 3.15. The van der Waals surface area contributed by atoms with E-state index < -0.39 is 0 Å². The smallest absolute Gasteiger partial charge is 0.0357 e. The minimum absolute atomic E-state index is 0.837. The topological polar surface area (TPSA) is 39.9 Å². The largest absolute Gasteiger partial charge is 0.363 e. The predicted molar refractivity (Wildman–Crippen MR) is 65.8 cm³/mol. The first kappa shape index (κ1) is 11.2. The van der Waals surface area contributed by atoms with Gasteiger partial charge in [-0.05, 0) is 54.3 Å². The minimum atomic E-state index is 0.837. The first-order valence-corrected chi connectivity index (χ1v) is 6.41. The summed E-state index contributed by atoms with van der Waals surface area (Å²) >= 11 is 3.42. The lowest BCUT2D eigenvalue weighted by Crippen LogP contribution is -2.23. The van der Waals surface area contributed by atoms with Crippen LogP contribution in [0.4, 0.5) is 0 Å². The average molecular weight is 272 g/mol. The highest BCUT2D eigenvalue weighted by Crippen LogP contribution is 2.18. The lowest BCUT2D eigenvalue weighted by atomic mass is 10.4. The van der Waals surface area contributed by atoms with Crippen molar-refractivity contribution < 1.29 is 0 Å². The molecule has 1 fully saturated rings. The third-order valence-corrected chi connectivity index (χ3v) is 3.02. The number of nitrogens with one attached hydrogen (secondary N) is 3. The van der Waals surface area contributed by atoms with Gasteiger partial charge in [0.15, 0.2) is 0 Å². The Kier molecular flexibility index (Phi) is 4.23. The Morgan fingerprint density at radius 2 is 2.27 bits per heavy atom. The van der Waals surface area contributed by atoms with E-state index in [9.17, 15) is 0 Å². The van der Waals surface area contributed by atoms with Gasteiger partial charge in [-0.25, -0.2) is 0 Å². The molecule has 2 rings (SSSR count). The van der Waals surface area contributed by atoms with Gasteiger partial charge in [-0.3, -0.25) is 0 Å². The molecule has 1 heterocycles. The molecule has 1 aromatic rings. The van der Waals surface area contributed by atoms with Crippen molar-refractivity contribution in [2.45, 2.75) is 31.8 Å². The molecule has 3 N–H and O–H groups in total. The summed E-state index contributed by atoms with van der Waals surface area (Å²) in [5, 5.41) is 6.92. The van der Waals surface area contributed by atoms with Gasteiger partial charge in [-0.2, -0.15) is 0 Å². The van der Waals surface area contributed by atoms with Crippen LogP contribution in [0.2, 0.25) is 0 Å². The normalized spacial score (nSPS) is 15.8. The van der Waals surface area contributed by atoms with Crippen LogP contribution in [0.3, 0.4) is 0 Å². The Morgan fingerprint density at radius 1 is 1.40 bits per heavy atom. The van der Waals surface area contributed by atoms with E-state index in [2.05, 4.69) is 37.6 Å². The van der Waals surface area contributed by atoms with E-state index in [1.165, 1.54) is 25.0 Å². The number of hydrogen-bond acceptors (Lipinski definition) is 2. The van der Waals surface area contributed by atoms with Crippen LogP contribution in [0.5, 0.6) is 0 Å². The van der Waals surface area contributed by atoms with Crippen molar-refractivity contribution >= 4 is 15.9 Å². The van der Waals surface area contributed by atoms with Crippen LogP contribution in [0.25, 0.3) is 0 Å². The molecule has 0 bridgehead atoms. The maximum Gasteiger partial charge on any atom is 0.0357 e. The summed E-state index contributed by atoms with van der Waals surface area (Å²) in [5.74, 6) is 0. The van der Waals surface area contributed by atoms with Gasteiger partial charge in [0, 0.05) is 29.0 Å². The van der Waals surface area contributed by atoms with E-state index in [0.29, 0.717) is 0 Å². The fraction of sp³-hybridized carbons (Fsp3) is 0.636. The van der Waals surface area contributed by atoms with E-state index in [4.69, 9.17) is 0 Å². The third kappa shape index (κ3) is 4.36. The SMILES string of the molecule is Brc1c[nH]c(CNCCCNC2CC2)c1. The third-order valence-electron chi connectivity index (χ3n) is 2.56. The first-order valence-electron chi connectivity index (χ1n) is 5.61. The molecule has 84 valence electrons. The molecule has 0 aliphatic heterocycles. The Labute approximate surface area is 99.2 Å². The van der Waals surface area contributed by atoms with Crippen LogP contribution >= 0.6 is 15.9 Å². The number of hydrogen-bond donors (Lipinski definition) is 3. The maximum absolute atomic E-state index is 3.50. The van der Waals surface area contributed by atoms with Gasteiger partial charge in [0.1, 0.15) is 0 Å². The van der Waals surface area contributed by atoms with Crippen LogP contribution < -0.4 is 10.6 Å². The van der Waals surface area contributed by atoms with Crippen LogP contribution in [-0.2, 0) is 6.54 Å². The standard InChI is InChI=1S/C11H18BrN3/c12-9-6-11(15-7-9)8-13-4-1-5-14-10-2-3-10/h6-7,10,13-15H,1-5,8H2. The molecule has 1 aliphatic rings. The van der Waals surface area contributed by atoms with E-state index in [0.717, 1.165) is 30.1 Å². The Hall–Kier alpha value is -0.320. The zero-order valence-electron chi connectivity index (χ0n) is 8.85. The molecular weight excluding hydrogens is 254 g/mol. The number of halogens is 1. The van der Waals surface area contributed by atoms with Gasteiger partial charge >= 0.3 is 0 Å². The number of rotatable bonds is 7. The molecule has 0 spiro atoms. The van der Waals surface area contributed by atoms with Crippen LogP contribution in [0, 0.1) is 0 Å². The predicted octanol–water partition coefficient (Wildman–Crippen LogP) is 2.01. The summed E-state index contributed by atoms with van der Waals surface area (Å²) in [5.41, 5.74) is 1.23. The highest BCUT2D eigenvalue weighted by molar-refractivity contribution is 9.10. The van der Waals surface area contributed by atoms with Crippen LogP contribution in [0.1, 0.15) is 25.0 Å². The zero-order chi connectivity index (χ0) is 10.5. The van der Waals surface area contributed by atoms with E-state index in [1.807, 2.05) is 6.20 Å². The van der Waals surface area contributed by atoms with Gasteiger partial charge in [-0.1, -0.05) is 0 Å². The molecule has 1 aliphatic carbocycles. The van der Waals surface area contributed by atoms with E-state index >= 15 is 0 Å². The van der Waals surface area contributed by atoms with Crippen molar-refractivity contribution in [3.05, 3.63) is 22.4 Å². The Balaban J connectivity index is 1.47. The lowest BCUT2D eigenvalue weighted by Gasteiger charge is -2.04. The summed E-state index contributed by atoms with van der Waals surface area (Å²) in [6, 6.07) is 2.94. The molecule has 0 aromatic carbocycles. The van der Waals surface area contributed by atoms with Crippen molar-refractivity contribution in [3.63, 3.8) is 0 Å². The molecule has 4 heteroatoms. The second kappa shape index (κ2) is 5.68. The molecule has 0 atom stereocenters. The molecule has 15 heavy (non-hydrogen) atoms. The van der Waals surface area contributed by atoms with Gasteiger partial charge in [0.05, 0.1) is 0 Å². The highest BCUT2D eigenvalue weighted by Gasteiger charge is 2.19. The number of aromatic amines is 1. The highest BCUT2D eigenvalue weighted by atomic mass is 79.9. The van der Waals surface area contributed by atoms with Crippen molar-refractivity contribution in [3.8, 4) is 0 Å². The van der Waals surface area contributed by atoms with Crippen molar-refractivity contribution in [2.24, 2.45) is 0 Å². The molecule has 3 nitrogen and oxygen atoms in total. The molecular formula is C11H18BrN3. The van der Waals surface area contributed by atoms with Gasteiger partial charge in [0.2, 0.25) is 0 Å². The number of H-pyrrole nitrogens is 1. The quantitative estimate of drug-likeness (QED) is 0.664. The minimum Gasteiger partial charge on any atom is -0.363 e. The summed E-state index contributed by atoms with van der Waals surface area (Å²) in [6.07, 6.45) is 5.93. The second-order valence-corrected chi connectivity index (χ2v) is 5.02. The molecule has 0 unspecified atom stereocenters. The summed E-state index contributed by atoms with van der Waals surface area (Å²) in [4.78, 5) is 3.20. The van der Waals surface area contributed by atoms with Crippen molar-refractivity contribution in [2.75, 3.05) is 13.1 Å². The first-order chi connectivity index (χ1) is 7.34. The van der Waals surface area contributed by atoms with Gasteiger partial charge in [-0.15, -0.1) is 0 Å². The molecule has 1 saturated carbocycles. The second-order valence-electron chi connectivity index (χ2n) is 4.10. The van der Waals surface area contributed by atoms with Crippen LogP contribution in [0.15, 0.2) is 16.7 Å². The fourth-order valence-electron chi connectivity index (χ4n) is 1.54. The van der Waals surface area contributed by atoms with E-state index in [1.54, 1.807) is 0 Å². The Bertz CT molecular complexity index is 294. The van der Waals surface area contributed by atoms with Crippen molar-refractivity contribution in [1.82, 2.24) is 15.6 Å². The maximum atomic E-state index is 3.50. The summed E-state index contributed by atoms with van der Waals surface area (Å²) in [7, 11) is 0. The fourth-order valence-corrected chi connectivity index (χ4v) is 1.93. The van der Waals surface area contributed by atoms with Gasteiger partial charge < -0.3 is 15.6 Å². The molecule has 0 radical (unpaired) electrons. The summed E-state index contributed by atoms with van der Waals surface area (Å²) < 4.78 is 1.12. The Morgan fingerprint density at radius 3 is 2.93 bits per heavy atom. The molecule has 0 amide bonds. The zero-order valence-corrected chi connectivity index (χ0v) is 10.4. The molecule has 0 saturated heterocycles. The van der Waals surface area contributed by atoms with Crippen LogP contribution in [-0.4, -0.2) is 24.1 Å². The number of aromatic nitrogens is 1. The van der Waals surface area contributed by atoms with E-state index in [-0.39, 0.29) is 0 Å².